The summed E-state index contributed by atoms with van der Waals surface area (Å²) < 4.78 is 11.3. The molecule has 0 radical (unpaired) electrons. The highest BCUT2D eigenvalue weighted by molar-refractivity contribution is 9.10. The highest BCUT2D eigenvalue weighted by atomic mass is 79.9. The predicted molar refractivity (Wildman–Crippen MR) is 78.9 cm³/mol. The van der Waals surface area contributed by atoms with Gasteiger partial charge in [-0.3, -0.25) is 4.79 Å². The second kappa shape index (κ2) is 7.12. The zero-order chi connectivity index (χ0) is 13.1. The SMILES string of the molecule is COC(=O)C(N)Cc1ccc(Br)c2c1CCCO2.Cl. The van der Waals surface area contributed by atoms with E-state index in [1.54, 1.807) is 0 Å². The van der Waals surface area contributed by atoms with Gasteiger partial charge in [-0.05, 0) is 52.4 Å². The zero-order valence-corrected chi connectivity index (χ0v) is 13.1. The molecule has 19 heavy (non-hydrogen) atoms. The molecule has 2 N–H and O–H groups in total. The first-order valence-electron chi connectivity index (χ1n) is 5.90. The number of esters is 1. The van der Waals surface area contributed by atoms with Crippen molar-refractivity contribution in [1.82, 2.24) is 0 Å². The molecule has 106 valence electrons. The van der Waals surface area contributed by atoms with Crippen molar-refractivity contribution in [2.45, 2.75) is 25.3 Å². The lowest BCUT2D eigenvalue weighted by atomic mass is 9.95. The van der Waals surface area contributed by atoms with Crippen LogP contribution in [0.3, 0.4) is 0 Å². The van der Waals surface area contributed by atoms with Crippen molar-refractivity contribution in [3.63, 3.8) is 0 Å². The lowest BCUT2D eigenvalue weighted by Crippen LogP contribution is -2.34. The van der Waals surface area contributed by atoms with Crippen LogP contribution in [0.15, 0.2) is 16.6 Å². The summed E-state index contributed by atoms with van der Waals surface area (Å²) in [6.07, 6.45) is 2.42. The molecule has 0 amide bonds. The molecule has 1 unspecified atom stereocenters. The molecule has 1 atom stereocenters. The van der Waals surface area contributed by atoms with Crippen molar-refractivity contribution in [3.05, 3.63) is 27.7 Å². The summed E-state index contributed by atoms with van der Waals surface area (Å²) in [7, 11) is 1.35. The zero-order valence-electron chi connectivity index (χ0n) is 10.6. The highest BCUT2D eigenvalue weighted by Crippen LogP contribution is 2.35. The fraction of sp³-hybridized carbons (Fsp3) is 0.462. The van der Waals surface area contributed by atoms with Crippen molar-refractivity contribution < 1.29 is 14.3 Å². The molecule has 0 saturated heterocycles. The minimum Gasteiger partial charge on any atom is -0.492 e. The maximum absolute atomic E-state index is 11.4. The number of rotatable bonds is 3. The summed E-state index contributed by atoms with van der Waals surface area (Å²) in [4.78, 5) is 11.4. The van der Waals surface area contributed by atoms with E-state index in [1.165, 1.54) is 7.11 Å². The maximum atomic E-state index is 11.4. The Bertz CT molecular complexity index is 467. The van der Waals surface area contributed by atoms with E-state index in [-0.39, 0.29) is 18.4 Å². The molecule has 1 aromatic rings. The van der Waals surface area contributed by atoms with E-state index in [2.05, 4.69) is 20.7 Å². The lowest BCUT2D eigenvalue weighted by Gasteiger charge is -2.22. The normalized spacial score (nSPS) is 14.7. The number of benzene rings is 1. The number of carbonyl (C=O) groups excluding carboxylic acids is 1. The number of fused-ring (bicyclic) bond motifs is 1. The first-order valence-corrected chi connectivity index (χ1v) is 6.69. The van der Waals surface area contributed by atoms with E-state index in [0.717, 1.165) is 40.8 Å². The smallest absolute Gasteiger partial charge is 0.322 e. The van der Waals surface area contributed by atoms with Gasteiger partial charge in [0.15, 0.2) is 0 Å². The van der Waals surface area contributed by atoms with E-state index in [4.69, 9.17) is 10.5 Å². The third-order valence-corrected chi connectivity index (χ3v) is 3.70. The maximum Gasteiger partial charge on any atom is 0.322 e. The summed E-state index contributed by atoms with van der Waals surface area (Å²) in [5.41, 5.74) is 8.01. The van der Waals surface area contributed by atoms with Gasteiger partial charge in [-0.15, -0.1) is 12.4 Å². The summed E-state index contributed by atoms with van der Waals surface area (Å²) in [5, 5.41) is 0. The van der Waals surface area contributed by atoms with Crippen LogP contribution in [0.1, 0.15) is 17.5 Å². The van der Waals surface area contributed by atoms with Gasteiger partial charge < -0.3 is 15.2 Å². The van der Waals surface area contributed by atoms with Crippen LogP contribution in [-0.4, -0.2) is 25.7 Å². The average Bonchev–Trinajstić information content (AvgIpc) is 2.41. The van der Waals surface area contributed by atoms with Crippen molar-refractivity contribution in [1.29, 1.82) is 0 Å². The third-order valence-electron chi connectivity index (χ3n) is 3.07. The van der Waals surface area contributed by atoms with Gasteiger partial charge in [0.1, 0.15) is 11.8 Å². The van der Waals surface area contributed by atoms with Crippen LogP contribution in [0.25, 0.3) is 0 Å². The molecule has 4 nitrogen and oxygen atoms in total. The minimum atomic E-state index is -0.623. The average molecular weight is 351 g/mol. The van der Waals surface area contributed by atoms with Crippen molar-refractivity contribution in [2.24, 2.45) is 5.73 Å². The number of halogens is 2. The van der Waals surface area contributed by atoms with Gasteiger partial charge in [0, 0.05) is 0 Å². The number of nitrogens with two attached hydrogens (primary N) is 1. The number of methoxy groups -OCH3 is 1. The Kier molecular flexibility index (Phi) is 6.10. The van der Waals surface area contributed by atoms with Crippen LogP contribution < -0.4 is 10.5 Å². The molecule has 1 aromatic carbocycles. The van der Waals surface area contributed by atoms with E-state index < -0.39 is 6.04 Å². The highest BCUT2D eigenvalue weighted by Gasteiger charge is 2.21. The molecule has 1 heterocycles. The molecule has 0 aromatic heterocycles. The first-order chi connectivity index (χ1) is 8.63. The fourth-order valence-electron chi connectivity index (χ4n) is 2.16. The molecule has 6 heteroatoms. The third kappa shape index (κ3) is 3.61. The van der Waals surface area contributed by atoms with Crippen LogP contribution in [0.2, 0.25) is 0 Å². The van der Waals surface area contributed by atoms with E-state index in [9.17, 15) is 4.79 Å². The molecule has 0 bridgehead atoms. The molecular formula is C13H17BrClNO3. The van der Waals surface area contributed by atoms with E-state index >= 15 is 0 Å². The monoisotopic (exact) mass is 349 g/mol. The van der Waals surface area contributed by atoms with Gasteiger partial charge in [-0.1, -0.05) is 6.07 Å². The van der Waals surface area contributed by atoms with E-state index in [0.29, 0.717) is 6.42 Å². The van der Waals surface area contributed by atoms with Gasteiger partial charge in [0.2, 0.25) is 0 Å². The Labute approximate surface area is 127 Å². The second-order valence-electron chi connectivity index (χ2n) is 4.30. The van der Waals surface area contributed by atoms with Gasteiger partial charge in [-0.25, -0.2) is 0 Å². The van der Waals surface area contributed by atoms with Gasteiger partial charge >= 0.3 is 5.97 Å². The quantitative estimate of drug-likeness (QED) is 0.849. The van der Waals surface area contributed by atoms with Crippen LogP contribution in [-0.2, 0) is 22.4 Å². The largest absolute Gasteiger partial charge is 0.492 e. The second-order valence-corrected chi connectivity index (χ2v) is 5.15. The Balaban J connectivity index is 0.00000180. The van der Waals surface area contributed by atoms with E-state index in [1.807, 2.05) is 12.1 Å². The molecule has 1 aliphatic rings. The Morgan fingerprint density at radius 1 is 1.58 bits per heavy atom. The molecular weight excluding hydrogens is 334 g/mol. The van der Waals surface area contributed by atoms with Gasteiger partial charge in [0.25, 0.3) is 0 Å². The summed E-state index contributed by atoms with van der Waals surface area (Å²) >= 11 is 3.48. The molecule has 0 aliphatic carbocycles. The summed E-state index contributed by atoms with van der Waals surface area (Å²) in [6.45, 7) is 0.734. The lowest BCUT2D eigenvalue weighted by molar-refractivity contribution is -0.142. The minimum absolute atomic E-state index is 0. The first kappa shape index (κ1) is 16.3. The number of hydrogen-bond donors (Lipinski definition) is 1. The molecule has 0 saturated carbocycles. The number of hydrogen-bond acceptors (Lipinski definition) is 4. The summed E-state index contributed by atoms with van der Waals surface area (Å²) in [6, 6.07) is 3.30. The number of carbonyl (C=O) groups is 1. The summed E-state index contributed by atoms with van der Waals surface area (Å²) in [5.74, 6) is 0.499. The van der Waals surface area contributed by atoms with Crippen molar-refractivity contribution in [3.8, 4) is 5.75 Å². The fourth-order valence-corrected chi connectivity index (χ4v) is 2.64. The topological polar surface area (TPSA) is 61.5 Å². The predicted octanol–water partition coefficient (Wildman–Crippen LogP) is 2.24. The van der Waals surface area contributed by atoms with Gasteiger partial charge in [-0.2, -0.15) is 0 Å². The van der Waals surface area contributed by atoms with Crippen molar-refractivity contribution in [2.75, 3.05) is 13.7 Å². The van der Waals surface area contributed by atoms with Gasteiger partial charge in [0.05, 0.1) is 18.2 Å². The van der Waals surface area contributed by atoms with Crippen LogP contribution in [0.4, 0.5) is 0 Å². The Morgan fingerprint density at radius 3 is 3.00 bits per heavy atom. The van der Waals surface area contributed by atoms with Crippen LogP contribution in [0, 0.1) is 0 Å². The Hall–Kier alpha value is -0.780. The van der Waals surface area contributed by atoms with Crippen LogP contribution >= 0.6 is 28.3 Å². The Morgan fingerprint density at radius 2 is 2.32 bits per heavy atom. The molecule has 2 rings (SSSR count). The standard InChI is InChI=1S/C13H16BrNO3.ClH/c1-17-13(16)11(15)7-8-4-5-10(14)12-9(8)3-2-6-18-12;/h4-5,11H,2-3,6-7,15H2,1H3;1H. The van der Waals surface area contributed by atoms with Crippen LogP contribution in [0.5, 0.6) is 5.75 Å². The molecule has 1 aliphatic heterocycles. The molecule has 0 spiro atoms. The van der Waals surface area contributed by atoms with Crippen molar-refractivity contribution >= 4 is 34.3 Å². The number of ether oxygens (including phenoxy) is 2. The molecule has 0 fully saturated rings.